The molecule has 0 bridgehead atoms. The molecule has 112 valence electrons. The average molecular weight is 307 g/mol. The molecular weight excluding hydrogens is 288 g/mol. The number of hydrazine groups is 1. The highest BCUT2D eigenvalue weighted by Crippen LogP contribution is 2.33. The molecule has 0 saturated heterocycles. The zero-order valence-corrected chi connectivity index (χ0v) is 13.1. The zero-order chi connectivity index (χ0) is 15.4. The van der Waals surface area contributed by atoms with Crippen LogP contribution >= 0.6 is 11.6 Å². The van der Waals surface area contributed by atoms with Crippen molar-refractivity contribution in [2.24, 2.45) is 5.84 Å². The topological polar surface area (TPSA) is 56.5 Å². The number of rotatable bonds is 5. The lowest BCUT2D eigenvalue weighted by atomic mass is 9.97. The summed E-state index contributed by atoms with van der Waals surface area (Å²) in [6, 6.07) is 11.2. The summed E-state index contributed by atoms with van der Waals surface area (Å²) in [7, 11) is 3.25. The highest BCUT2D eigenvalue weighted by Gasteiger charge is 2.18. The van der Waals surface area contributed by atoms with E-state index in [9.17, 15) is 0 Å². The monoisotopic (exact) mass is 306 g/mol. The van der Waals surface area contributed by atoms with Crippen molar-refractivity contribution in [3.63, 3.8) is 0 Å². The molecule has 3 N–H and O–H groups in total. The molecule has 2 aromatic rings. The Hall–Kier alpha value is -1.75. The Morgan fingerprint density at radius 3 is 2.43 bits per heavy atom. The summed E-state index contributed by atoms with van der Waals surface area (Å²) in [5, 5.41) is 0.673. The molecule has 0 aliphatic rings. The average Bonchev–Trinajstić information content (AvgIpc) is 2.47. The molecule has 0 aromatic heterocycles. The second-order valence-electron chi connectivity index (χ2n) is 4.77. The summed E-state index contributed by atoms with van der Waals surface area (Å²) in [4.78, 5) is 0. The number of halogens is 1. The lowest BCUT2D eigenvalue weighted by Gasteiger charge is -2.21. The van der Waals surface area contributed by atoms with Gasteiger partial charge in [-0.15, -0.1) is 0 Å². The van der Waals surface area contributed by atoms with E-state index in [2.05, 4.69) is 5.43 Å². The molecule has 0 amide bonds. The lowest BCUT2D eigenvalue weighted by molar-refractivity contribution is 0.394. The van der Waals surface area contributed by atoms with E-state index < -0.39 is 0 Å². The molecule has 0 fully saturated rings. The third-order valence-electron chi connectivity index (χ3n) is 3.31. The number of nitrogens with two attached hydrogens (primary N) is 1. The van der Waals surface area contributed by atoms with Gasteiger partial charge < -0.3 is 9.47 Å². The molecule has 21 heavy (non-hydrogen) atoms. The summed E-state index contributed by atoms with van der Waals surface area (Å²) in [6.07, 6.45) is 0. The van der Waals surface area contributed by atoms with Crippen LogP contribution in [0.2, 0.25) is 5.02 Å². The summed E-state index contributed by atoms with van der Waals surface area (Å²) >= 11 is 6.15. The first-order valence-electron chi connectivity index (χ1n) is 6.54. The SMILES string of the molecule is COc1ccc(OC)c(C(NN)c2cc(C)cc(Cl)c2)c1. The van der Waals surface area contributed by atoms with Crippen molar-refractivity contribution in [3.05, 3.63) is 58.1 Å². The van der Waals surface area contributed by atoms with Crippen LogP contribution in [0, 0.1) is 6.92 Å². The van der Waals surface area contributed by atoms with Gasteiger partial charge in [0, 0.05) is 10.6 Å². The number of benzene rings is 2. The number of hydrogen-bond acceptors (Lipinski definition) is 4. The highest BCUT2D eigenvalue weighted by atomic mass is 35.5. The number of nitrogens with one attached hydrogen (secondary N) is 1. The van der Waals surface area contributed by atoms with Crippen molar-refractivity contribution in [2.75, 3.05) is 14.2 Å². The van der Waals surface area contributed by atoms with Gasteiger partial charge in [-0.2, -0.15) is 0 Å². The molecule has 0 saturated carbocycles. The molecule has 2 aromatic carbocycles. The minimum atomic E-state index is -0.243. The van der Waals surface area contributed by atoms with Gasteiger partial charge in [0.1, 0.15) is 11.5 Å². The van der Waals surface area contributed by atoms with Crippen LogP contribution in [0.3, 0.4) is 0 Å². The molecule has 0 spiro atoms. The van der Waals surface area contributed by atoms with Crippen LogP contribution in [0.25, 0.3) is 0 Å². The molecule has 1 atom stereocenters. The van der Waals surface area contributed by atoms with E-state index in [4.69, 9.17) is 26.9 Å². The van der Waals surface area contributed by atoms with Crippen molar-refractivity contribution >= 4 is 11.6 Å². The molecule has 0 aliphatic carbocycles. The molecule has 5 heteroatoms. The van der Waals surface area contributed by atoms with Gasteiger partial charge in [-0.1, -0.05) is 17.7 Å². The number of methoxy groups -OCH3 is 2. The fourth-order valence-corrected chi connectivity index (χ4v) is 2.66. The second kappa shape index (κ2) is 6.80. The Morgan fingerprint density at radius 1 is 1.10 bits per heavy atom. The maximum absolute atomic E-state index is 6.15. The van der Waals surface area contributed by atoms with Crippen LogP contribution in [-0.2, 0) is 0 Å². The summed E-state index contributed by atoms with van der Waals surface area (Å²) in [5.74, 6) is 7.24. The predicted octanol–water partition coefficient (Wildman–Crippen LogP) is 3.22. The van der Waals surface area contributed by atoms with Crippen molar-refractivity contribution in [3.8, 4) is 11.5 Å². The van der Waals surface area contributed by atoms with Crippen molar-refractivity contribution in [2.45, 2.75) is 13.0 Å². The van der Waals surface area contributed by atoms with Gasteiger partial charge in [0.2, 0.25) is 0 Å². The minimum Gasteiger partial charge on any atom is -0.497 e. The Labute approximate surface area is 129 Å². The van der Waals surface area contributed by atoms with Gasteiger partial charge in [0.15, 0.2) is 0 Å². The quantitative estimate of drug-likeness (QED) is 0.658. The van der Waals surface area contributed by atoms with Gasteiger partial charge in [-0.25, -0.2) is 5.43 Å². The molecule has 4 nitrogen and oxygen atoms in total. The van der Waals surface area contributed by atoms with Gasteiger partial charge in [0.25, 0.3) is 0 Å². The Balaban J connectivity index is 2.54. The third-order valence-corrected chi connectivity index (χ3v) is 3.53. The Morgan fingerprint density at radius 2 is 1.86 bits per heavy atom. The lowest BCUT2D eigenvalue weighted by Crippen LogP contribution is -2.29. The smallest absolute Gasteiger partial charge is 0.124 e. The highest BCUT2D eigenvalue weighted by molar-refractivity contribution is 6.30. The molecule has 0 radical (unpaired) electrons. The maximum Gasteiger partial charge on any atom is 0.124 e. The number of hydrogen-bond donors (Lipinski definition) is 2. The first kappa shape index (κ1) is 15.6. The predicted molar refractivity (Wildman–Crippen MR) is 84.9 cm³/mol. The summed E-state index contributed by atoms with van der Waals surface area (Å²) in [6.45, 7) is 1.99. The fraction of sp³-hybridized carbons (Fsp3) is 0.250. The molecule has 2 rings (SSSR count). The van der Waals surface area contributed by atoms with E-state index in [1.54, 1.807) is 14.2 Å². The van der Waals surface area contributed by atoms with Crippen LogP contribution < -0.4 is 20.7 Å². The maximum atomic E-state index is 6.15. The first-order valence-corrected chi connectivity index (χ1v) is 6.92. The van der Waals surface area contributed by atoms with Crippen molar-refractivity contribution < 1.29 is 9.47 Å². The van der Waals surface area contributed by atoms with Gasteiger partial charge in [-0.05, 0) is 48.4 Å². The Kier molecular flexibility index (Phi) is 5.07. The van der Waals surface area contributed by atoms with E-state index in [-0.39, 0.29) is 6.04 Å². The Bertz CT molecular complexity index is 611. The molecule has 1 unspecified atom stereocenters. The normalized spacial score (nSPS) is 12.0. The van der Waals surface area contributed by atoms with E-state index in [1.807, 2.05) is 43.3 Å². The number of ether oxygens (including phenoxy) is 2. The van der Waals surface area contributed by atoms with Gasteiger partial charge in [0.05, 0.1) is 20.3 Å². The van der Waals surface area contributed by atoms with Crippen LogP contribution in [0.15, 0.2) is 36.4 Å². The molecule has 0 aliphatic heterocycles. The number of aryl methyl sites for hydroxylation is 1. The van der Waals surface area contributed by atoms with Gasteiger partial charge >= 0.3 is 0 Å². The standard InChI is InChI=1S/C16H19ClN2O2/c1-10-6-11(8-12(17)7-10)16(19-18)14-9-13(20-2)4-5-15(14)21-3/h4-9,16,19H,18H2,1-3H3. The fourth-order valence-electron chi connectivity index (χ4n) is 2.36. The summed E-state index contributed by atoms with van der Waals surface area (Å²) < 4.78 is 10.7. The van der Waals surface area contributed by atoms with E-state index in [0.29, 0.717) is 5.02 Å². The summed E-state index contributed by atoms with van der Waals surface area (Å²) in [5.41, 5.74) is 5.75. The largest absolute Gasteiger partial charge is 0.497 e. The molecular formula is C16H19ClN2O2. The molecule has 0 heterocycles. The second-order valence-corrected chi connectivity index (χ2v) is 5.21. The minimum absolute atomic E-state index is 0.243. The van der Waals surface area contributed by atoms with Crippen LogP contribution in [0.4, 0.5) is 0 Å². The van der Waals surface area contributed by atoms with E-state index in [1.165, 1.54) is 0 Å². The van der Waals surface area contributed by atoms with Gasteiger partial charge in [-0.3, -0.25) is 5.84 Å². The van der Waals surface area contributed by atoms with Crippen molar-refractivity contribution in [1.82, 2.24) is 5.43 Å². The van der Waals surface area contributed by atoms with E-state index in [0.717, 1.165) is 28.2 Å². The van der Waals surface area contributed by atoms with Crippen LogP contribution in [0.5, 0.6) is 11.5 Å². The van der Waals surface area contributed by atoms with E-state index >= 15 is 0 Å². The van der Waals surface area contributed by atoms with Crippen LogP contribution in [-0.4, -0.2) is 14.2 Å². The van der Waals surface area contributed by atoms with Crippen molar-refractivity contribution in [1.29, 1.82) is 0 Å². The first-order chi connectivity index (χ1) is 10.1. The van der Waals surface area contributed by atoms with Crippen LogP contribution in [0.1, 0.15) is 22.7 Å². The zero-order valence-electron chi connectivity index (χ0n) is 12.3. The third kappa shape index (κ3) is 3.47.